The molecule has 1 atom stereocenters. The fraction of sp³-hybridized carbons (Fsp3) is 0.429. The van der Waals surface area contributed by atoms with Gasteiger partial charge in [-0.15, -0.1) is 0 Å². The highest BCUT2D eigenvalue weighted by Gasteiger charge is 2.23. The second-order valence-electron chi connectivity index (χ2n) is 4.96. The van der Waals surface area contributed by atoms with Crippen LogP contribution in [0.2, 0.25) is 0 Å². The van der Waals surface area contributed by atoms with Crippen molar-refractivity contribution in [1.29, 1.82) is 0 Å². The van der Waals surface area contributed by atoms with Crippen molar-refractivity contribution in [3.63, 3.8) is 0 Å². The summed E-state index contributed by atoms with van der Waals surface area (Å²) in [4.78, 5) is 6.52. The van der Waals surface area contributed by atoms with Gasteiger partial charge in [-0.1, -0.05) is 5.16 Å². The molecule has 0 spiro atoms. The van der Waals surface area contributed by atoms with Crippen LogP contribution in [0, 0.1) is 0 Å². The van der Waals surface area contributed by atoms with Crippen molar-refractivity contribution in [3.8, 4) is 11.5 Å². The molecule has 0 aliphatic carbocycles. The van der Waals surface area contributed by atoms with E-state index in [1.165, 1.54) is 0 Å². The van der Waals surface area contributed by atoms with E-state index in [1.807, 2.05) is 38.4 Å². The summed E-state index contributed by atoms with van der Waals surface area (Å²) in [6.07, 6.45) is 0.971. The Balaban J connectivity index is 1.81. The van der Waals surface area contributed by atoms with E-state index in [0.717, 1.165) is 30.1 Å². The molecular formula is C14H17N3O2. The minimum absolute atomic E-state index is 0.276. The van der Waals surface area contributed by atoms with Crippen molar-refractivity contribution >= 4 is 5.69 Å². The monoisotopic (exact) mass is 259 g/mol. The van der Waals surface area contributed by atoms with E-state index < -0.39 is 0 Å². The van der Waals surface area contributed by atoms with Gasteiger partial charge in [-0.3, -0.25) is 0 Å². The van der Waals surface area contributed by atoms with E-state index in [1.54, 1.807) is 0 Å². The minimum atomic E-state index is 0.276. The van der Waals surface area contributed by atoms with Gasteiger partial charge in [0.15, 0.2) is 5.82 Å². The molecule has 0 unspecified atom stereocenters. The molecule has 2 heterocycles. The summed E-state index contributed by atoms with van der Waals surface area (Å²) in [5.41, 5.74) is 2.09. The molecule has 2 aromatic rings. The second-order valence-corrected chi connectivity index (χ2v) is 4.96. The van der Waals surface area contributed by atoms with Gasteiger partial charge in [-0.05, 0) is 30.7 Å². The molecule has 1 aromatic carbocycles. The molecule has 0 N–H and O–H groups in total. The number of ether oxygens (including phenoxy) is 1. The number of rotatable bonds is 3. The number of benzene rings is 1. The topological polar surface area (TPSA) is 51.4 Å². The Kier molecular flexibility index (Phi) is 3.21. The molecule has 5 heteroatoms. The zero-order chi connectivity index (χ0) is 13.2. The standard InChI is InChI=1S/C14H17N3O2/c1-17(2)12-5-3-10(4-6-12)14-15-13(16-19-14)11-7-8-18-9-11/h3-6,11H,7-9H2,1-2H3/t11-/m0/s1. The van der Waals surface area contributed by atoms with Crippen molar-refractivity contribution in [2.45, 2.75) is 12.3 Å². The Morgan fingerprint density at radius 1 is 1.21 bits per heavy atom. The highest BCUT2D eigenvalue weighted by atomic mass is 16.5. The SMILES string of the molecule is CN(C)c1ccc(-c2nc([C@H]3CCOC3)no2)cc1. The first-order valence-corrected chi connectivity index (χ1v) is 6.43. The van der Waals surface area contributed by atoms with Crippen molar-refractivity contribution in [3.05, 3.63) is 30.1 Å². The van der Waals surface area contributed by atoms with Crippen LogP contribution in [-0.4, -0.2) is 37.4 Å². The van der Waals surface area contributed by atoms with Crippen LogP contribution in [0.3, 0.4) is 0 Å². The molecule has 1 saturated heterocycles. The highest BCUT2D eigenvalue weighted by Crippen LogP contribution is 2.26. The Hall–Kier alpha value is -1.88. The van der Waals surface area contributed by atoms with Crippen molar-refractivity contribution in [1.82, 2.24) is 10.1 Å². The number of aromatic nitrogens is 2. The molecule has 1 aliphatic heterocycles. The normalized spacial score (nSPS) is 18.7. The van der Waals surface area contributed by atoms with Gasteiger partial charge in [-0.2, -0.15) is 4.98 Å². The van der Waals surface area contributed by atoms with Gasteiger partial charge in [-0.25, -0.2) is 0 Å². The summed E-state index contributed by atoms with van der Waals surface area (Å²) in [7, 11) is 4.03. The third kappa shape index (κ3) is 2.46. The maximum atomic E-state index is 5.34. The van der Waals surface area contributed by atoms with Gasteiger partial charge in [0, 0.05) is 37.9 Å². The lowest BCUT2D eigenvalue weighted by atomic mass is 10.1. The molecule has 5 nitrogen and oxygen atoms in total. The largest absolute Gasteiger partial charge is 0.381 e. The van der Waals surface area contributed by atoms with Crippen LogP contribution in [0.5, 0.6) is 0 Å². The summed E-state index contributed by atoms with van der Waals surface area (Å²) >= 11 is 0. The summed E-state index contributed by atoms with van der Waals surface area (Å²) < 4.78 is 10.7. The zero-order valence-electron chi connectivity index (χ0n) is 11.2. The van der Waals surface area contributed by atoms with Gasteiger partial charge in [0.05, 0.1) is 6.61 Å². The van der Waals surface area contributed by atoms with Gasteiger partial charge in [0.25, 0.3) is 5.89 Å². The first-order valence-electron chi connectivity index (χ1n) is 6.43. The maximum Gasteiger partial charge on any atom is 0.257 e. The van der Waals surface area contributed by atoms with Crippen LogP contribution < -0.4 is 4.90 Å². The van der Waals surface area contributed by atoms with Crippen LogP contribution in [0.15, 0.2) is 28.8 Å². The van der Waals surface area contributed by atoms with E-state index in [9.17, 15) is 0 Å². The second kappa shape index (κ2) is 5.01. The van der Waals surface area contributed by atoms with Crippen LogP contribution in [0.25, 0.3) is 11.5 Å². The van der Waals surface area contributed by atoms with Crippen LogP contribution in [0.4, 0.5) is 5.69 Å². The lowest BCUT2D eigenvalue weighted by Gasteiger charge is -2.11. The fourth-order valence-electron chi connectivity index (χ4n) is 2.16. The van der Waals surface area contributed by atoms with E-state index in [-0.39, 0.29) is 5.92 Å². The van der Waals surface area contributed by atoms with Crippen molar-refractivity contribution in [2.24, 2.45) is 0 Å². The molecule has 3 rings (SSSR count). The van der Waals surface area contributed by atoms with Crippen LogP contribution >= 0.6 is 0 Å². The number of anilines is 1. The molecule has 0 amide bonds. The molecule has 1 aromatic heterocycles. The van der Waals surface area contributed by atoms with Gasteiger partial charge in [0.2, 0.25) is 0 Å². The molecule has 1 aliphatic rings. The molecule has 19 heavy (non-hydrogen) atoms. The number of hydrogen-bond acceptors (Lipinski definition) is 5. The Morgan fingerprint density at radius 3 is 2.63 bits per heavy atom. The summed E-state index contributed by atoms with van der Waals surface area (Å²) in [6.45, 7) is 1.48. The molecule has 0 radical (unpaired) electrons. The molecule has 0 saturated carbocycles. The molecule has 0 bridgehead atoms. The number of nitrogens with zero attached hydrogens (tertiary/aromatic N) is 3. The highest BCUT2D eigenvalue weighted by molar-refractivity contribution is 5.58. The van der Waals surface area contributed by atoms with Gasteiger partial charge >= 0.3 is 0 Å². The van der Waals surface area contributed by atoms with Gasteiger partial charge in [0.1, 0.15) is 0 Å². The predicted molar refractivity (Wildman–Crippen MR) is 72.2 cm³/mol. The van der Waals surface area contributed by atoms with E-state index in [4.69, 9.17) is 9.26 Å². The molecular weight excluding hydrogens is 242 g/mol. The molecule has 100 valence electrons. The summed E-state index contributed by atoms with van der Waals surface area (Å²) in [5, 5.41) is 4.06. The Labute approximate surface area is 112 Å². The van der Waals surface area contributed by atoms with Crippen LogP contribution in [0.1, 0.15) is 18.2 Å². The fourth-order valence-corrected chi connectivity index (χ4v) is 2.16. The predicted octanol–water partition coefficient (Wildman–Crippen LogP) is 2.31. The van der Waals surface area contributed by atoms with Crippen LogP contribution in [-0.2, 0) is 4.74 Å². The Morgan fingerprint density at radius 2 is 2.00 bits per heavy atom. The van der Waals surface area contributed by atoms with E-state index >= 15 is 0 Å². The average Bonchev–Trinajstić information content (AvgIpc) is 3.10. The zero-order valence-corrected chi connectivity index (χ0v) is 11.2. The van der Waals surface area contributed by atoms with E-state index in [2.05, 4.69) is 15.0 Å². The summed E-state index contributed by atoms with van der Waals surface area (Å²) in [5.74, 6) is 1.61. The lowest BCUT2D eigenvalue weighted by molar-refractivity contribution is 0.192. The lowest BCUT2D eigenvalue weighted by Crippen LogP contribution is -2.07. The third-order valence-corrected chi connectivity index (χ3v) is 3.37. The van der Waals surface area contributed by atoms with Crippen molar-refractivity contribution < 1.29 is 9.26 Å². The number of hydrogen-bond donors (Lipinski definition) is 0. The Bertz CT molecular complexity index is 542. The first-order chi connectivity index (χ1) is 9.24. The van der Waals surface area contributed by atoms with Crippen molar-refractivity contribution in [2.75, 3.05) is 32.2 Å². The van der Waals surface area contributed by atoms with Gasteiger partial charge < -0.3 is 14.2 Å². The third-order valence-electron chi connectivity index (χ3n) is 3.37. The average molecular weight is 259 g/mol. The quantitative estimate of drug-likeness (QED) is 0.846. The maximum absolute atomic E-state index is 5.34. The summed E-state index contributed by atoms with van der Waals surface area (Å²) in [6, 6.07) is 8.07. The minimum Gasteiger partial charge on any atom is -0.381 e. The first kappa shape index (κ1) is 12.2. The smallest absolute Gasteiger partial charge is 0.257 e. The van der Waals surface area contributed by atoms with E-state index in [0.29, 0.717) is 12.5 Å². The molecule has 1 fully saturated rings.